The molecule has 1 aliphatic carbocycles. The Bertz CT molecular complexity index is 388. The minimum absolute atomic E-state index is 0.216. The standard InChI is InChI=1S/C11H13FN2O/c1-7-6-8(12)2-5-10(7)14-11(15)13-9-3-4-9/h2,5-6,9H,3-4H2,1H3,(H2,13,14,15). The largest absolute Gasteiger partial charge is 0.335 e. The van der Waals surface area contributed by atoms with Crippen LogP contribution in [0, 0.1) is 12.7 Å². The SMILES string of the molecule is Cc1cc(F)ccc1NC(=O)NC1CC1. The van der Waals surface area contributed by atoms with Gasteiger partial charge in [-0.2, -0.15) is 0 Å². The van der Waals surface area contributed by atoms with Gasteiger partial charge in [-0.25, -0.2) is 9.18 Å². The topological polar surface area (TPSA) is 41.1 Å². The number of hydrogen-bond donors (Lipinski definition) is 2. The molecule has 2 N–H and O–H groups in total. The fraction of sp³-hybridized carbons (Fsp3) is 0.364. The summed E-state index contributed by atoms with van der Waals surface area (Å²) in [7, 11) is 0. The minimum atomic E-state index is -0.291. The zero-order valence-corrected chi connectivity index (χ0v) is 8.51. The quantitative estimate of drug-likeness (QED) is 0.770. The predicted octanol–water partition coefficient (Wildman–Crippen LogP) is 2.42. The Morgan fingerprint density at radius 1 is 1.47 bits per heavy atom. The van der Waals surface area contributed by atoms with Gasteiger partial charge in [-0.1, -0.05) is 0 Å². The van der Waals surface area contributed by atoms with Crippen LogP contribution in [0.3, 0.4) is 0 Å². The highest BCUT2D eigenvalue weighted by Gasteiger charge is 2.23. The van der Waals surface area contributed by atoms with Gasteiger partial charge in [0.2, 0.25) is 0 Å². The molecule has 1 saturated carbocycles. The molecule has 0 heterocycles. The van der Waals surface area contributed by atoms with Crippen molar-refractivity contribution in [3.05, 3.63) is 29.6 Å². The van der Waals surface area contributed by atoms with Gasteiger partial charge in [-0.05, 0) is 43.5 Å². The molecular weight excluding hydrogens is 195 g/mol. The molecule has 1 aliphatic rings. The van der Waals surface area contributed by atoms with Gasteiger partial charge in [0.05, 0.1) is 0 Å². The van der Waals surface area contributed by atoms with Crippen LogP contribution < -0.4 is 10.6 Å². The Morgan fingerprint density at radius 2 is 2.20 bits per heavy atom. The molecule has 2 rings (SSSR count). The summed E-state index contributed by atoms with van der Waals surface area (Å²) in [6.07, 6.45) is 2.10. The number of carbonyl (C=O) groups excluding carboxylic acids is 1. The van der Waals surface area contributed by atoms with E-state index in [9.17, 15) is 9.18 Å². The summed E-state index contributed by atoms with van der Waals surface area (Å²) in [5.41, 5.74) is 1.37. The Balaban J connectivity index is 1.99. The molecule has 0 bridgehead atoms. The minimum Gasteiger partial charge on any atom is -0.335 e. The van der Waals surface area contributed by atoms with Gasteiger partial charge in [-0.15, -0.1) is 0 Å². The Labute approximate surface area is 87.7 Å². The van der Waals surface area contributed by atoms with Gasteiger partial charge >= 0.3 is 6.03 Å². The van der Waals surface area contributed by atoms with Crippen LogP contribution in [0.5, 0.6) is 0 Å². The first kappa shape index (κ1) is 9.96. The van der Waals surface area contributed by atoms with Crippen molar-refractivity contribution in [2.24, 2.45) is 0 Å². The van der Waals surface area contributed by atoms with E-state index in [-0.39, 0.29) is 11.8 Å². The summed E-state index contributed by atoms with van der Waals surface area (Å²) < 4.78 is 12.8. The third-order valence-corrected chi connectivity index (χ3v) is 2.35. The van der Waals surface area contributed by atoms with Crippen molar-refractivity contribution in [3.63, 3.8) is 0 Å². The molecule has 0 aromatic heterocycles. The van der Waals surface area contributed by atoms with Crippen molar-refractivity contribution < 1.29 is 9.18 Å². The summed E-state index contributed by atoms with van der Waals surface area (Å²) in [6, 6.07) is 4.40. The lowest BCUT2D eigenvalue weighted by Crippen LogP contribution is -2.30. The molecule has 0 spiro atoms. The number of hydrogen-bond acceptors (Lipinski definition) is 1. The number of carbonyl (C=O) groups is 1. The average molecular weight is 208 g/mol. The second-order valence-electron chi connectivity index (χ2n) is 3.83. The van der Waals surface area contributed by atoms with Crippen molar-refractivity contribution in [1.82, 2.24) is 5.32 Å². The number of halogens is 1. The van der Waals surface area contributed by atoms with Gasteiger partial charge in [0.1, 0.15) is 5.82 Å². The molecule has 1 aromatic rings. The first-order valence-electron chi connectivity index (χ1n) is 4.99. The number of nitrogens with one attached hydrogen (secondary N) is 2. The summed E-state index contributed by atoms with van der Waals surface area (Å²) in [5.74, 6) is -0.291. The highest BCUT2D eigenvalue weighted by Crippen LogP contribution is 2.19. The van der Waals surface area contributed by atoms with E-state index >= 15 is 0 Å². The number of benzene rings is 1. The van der Waals surface area contributed by atoms with Crippen LogP contribution in [-0.2, 0) is 0 Å². The lowest BCUT2D eigenvalue weighted by molar-refractivity contribution is 0.251. The summed E-state index contributed by atoms with van der Waals surface area (Å²) in [4.78, 5) is 11.4. The highest BCUT2D eigenvalue weighted by molar-refractivity contribution is 5.90. The van der Waals surface area contributed by atoms with E-state index in [0.717, 1.165) is 18.4 Å². The number of rotatable bonds is 2. The Hall–Kier alpha value is -1.58. The summed E-state index contributed by atoms with van der Waals surface area (Å²) in [5, 5.41) is 5.49. The van der Waals surface area contributed by atoms with Gasteiger partial charge in [0.25, 0.3) is 0 Å². The third kappa shape index (κ3) is 2.68. The Kier molecular flexibility index (Phi) is 2.58. The van der Waals surface area contributed by atoms with E-state index in [1.54, 1.807) is 13.0 Å². The van der Waals surface area contributed by atoms with Crippen LogP contribution in [0.25, 0.3) is 0 Å². The first-order valence-corrected chi connectivity index (χ1v) is 4.99. The number of aryl methyl sites for hydroxylation is 1. The zero-order chi connectivity index (χ0) is 10.8. The van der Waals surface area contributed by atoms with E-state index < -0.39 is 0 Å². The van der Waals surface area contributed by atoms with Crippen LogP contribution in [0.15, 0.2) is 18.2 Å². The average Bonchev–Trinajstić information content (AvgIpc) is 2.94. The van der Waals surface area contributed by atoms with Gasteiger partial charge in [-0.3, -0.25) is 0 Å². The molecule has 15 heavy (non-hydrogen) atoms. The van der Waals surface area contributed by atoms with Crippen molar-refractivity contribution in [1.29, 1.82) is 0 Å². The molecule has 0 aliphatic heterocycles. The summed E-state index contributed by atoms with van der Waals surface area (Å²) >= 11 is 0. The number of anilines is 1. The van der Waals surface area contributed by atoms with Crippen molar-refractivity contribution >= 4 is 11.7 Å². The molecule has 80 valence electrons. The van der Waals surface area contributed by atoms with Crippen molar-refractivity contribution in [2.45, 2.75) is 25.8 Å². The lowest BCUT2D eigenvalue weighted by Gasteiger charge is -2.08. The van der Waals surface area contributed by atoms with Crippen LogP contribution in [0.1, 0.15) is 18.4 Å². The van der Waals surface area contributed by atoms with E-state index in [1.165, 1.54) is 12.1 Å². The second kappa shape index (κ2) is 3.88. The molecule has 0 saturated heterocycles. The molecule has 1 aromatic carbocycles. The molecule has 3 nitrogen and oxygen atoms in total. The van der Waals surface area contributed by atoms with Crippen molar-refractivity contribution in [2.75, 3.05) is 5.32 Å². The van der Waals surface area contributed by atoms with Gasteiger partial charge in [0, 0.05) is 11.7 Å². The normalized spacial score (nSPS) is 14.8. The molecule has 4 heteroatoms. The second-order valence-corrected chi connectivity index (χ2v) is 3.83. The number of amides is 2. The van der Waals surface area contributed by atoms with E-state index in [0.29, 0.717) is 11.7 Å². The monoisotopic (exact) mass is 208 g/mol. The zero-order valence-electron chi connectivity index (χ0n) is 8.51. The van der Waals surface area contributed by atoms with Crippen LogP contribution in [0.2, 0.25) is 0 Å². The highest BCUT2D eigenvalue weighted by atomic mass is 19.1. The predicted molar refractivity (Wildman–Crippen MR) is 56.3 cm³/mol. The van der Waals surface area contributed by atoms with E-state index in [2.05, 4.69) is 10.6 Å². The smallest absolute Gasteiger partial charge is 0.319 e. The van der Waals surface area contributed by atoms with Crippen LogP contribution in [0.4, 0.5) is 14.9 Å². The van der Waals surface area contributed by atoms with Crippen LogP contribution in [-0.4, -0.2) is 12.1 Å². The third-order valence-electron chi connectivity index (χ3n) is 2.35. The van der Waals surface area contributed by atoms with Crippen LogP contribution >= 0.6 is 0 Å². The van der Waals surface area contributed by atoms with Crippen molar-refractivity contribution in [3.8, 4) is 0 Å². The molecule has 0 atom stereocenters. The van der Waals surface area contributed by atoms with E-state index in [4.69, 9.17) is 0 Å². The maximum atomic E-state index is 12.8. The number of urea groups is 1. The molecule has 2 amide bonds. The molecule has 0 radical (unpaired) electrons. The fourth-order valence-corrected chi connectivity index (χ4v) is 1.34. The van der Waals surface area contributed by atoms with E-state index in [1.807, 2.05) is 0 Å². The fourth-order valence-electron chi connectivity index (χ4n) is 1.34. The maximum Gasteiger partial charge on any atom is 0.319 e. The maximum absolute atomic E-state index is 12.8. The van der Waals surface area contributed by atoms with Gasteiger partial charge < -0.3 is 10.6 Å². The van der Waals surface area contributed by atoms with Gasteiger partial charge in [0.15, 0.2) is 0 Å². The first-order chi connectivity index (χ1) is 7.15. The summed E-state index contributed by atoms with van der Waals surface area (Å²) in [6.45, 7) is 1.76. The molecule has 1 fully saturated rings. The lowest BCUT2D eigenvalue weighted by atomic mass is 10.2. The Morgan fingerprint density at radius 3 is 2.80 bits per heavy atom. The molecular formula is C11H13FN2O. The molecule has 0 unspecified atom stereocenters.